The molecule has 2 aromatic carbocycles. The molecule has 128 valence electrons. The van der Waals surface area contributed by atoms with Crippen LogP contribution in [-0.4, -0.2) is 23.4 Å². The molecule has 0 spiro atoms. The van der Waals surface area contributed by atoms with E-state index in [1.54, 1.807) is 7.11 Å². The standard InChI is InChI=1S/C21H23N3O/c1-15-7-3-4-9-19(15)24-21-18(8-5-6-14-22-21)20(23-24)16-10-12-17(25-2)13-11-16/h3-4,7,9-13,22H,5-6,8,14H2,1-2H3. The zero-order valence-corrected chi connectivity index (χ0v) is 14.7. The van der Waals surface area contributed by atoms with Gasteiger partial charge in [-0.15, -0.1) is 0 Å². The van der Waals surface area contributed by atoms with E-state index in [0.29, 0.717) is 0 Å². The Balaban J connectivity index is 1.88. The van der Waals surface area contributed by atoms with Crippen LogP contribution in [-0.2, 0) is 6.42 Å². The molecule has 0 aliphatic carbocycles. The number of methoxy groups -OCH3 is 1. The molecule has 3 aromatic rings. The third kappa shape index (κ3) is 2.88. The minimum Gasteiger partial charge on any atom is -0.497 e. The van der Waals surface area contributed by atoms with E-state index < -0.39 is 0 Å². The molecule has 0 fully saturated rings. The van der Waals surface area contributed by atoms with E-state index in [1.807, 2.05) is 12.1 Å². The van der Waals surface area contributed by atoms with Gasteiger partial charge in [0.15, 0.2) is 0 Å². The number of hydrogen-bond acceptors (Lipinski definition) is 3. The lowest BCUT2D eigenvalue weighted by Gasteiger charge is -2.11. The maximum absolute atomic E-state index is 5.29. The summed E-state index contributed by atoms with van der Waals surface area (Å²) in [5.74, 6) is 2.00. The number of ether oxygens (including phenoxy) is 1. The Morgan fingerprint density at radius 3 is 2.60 bits per heavy atom. The van der Waals surface area contributed by atoms with Gasteiger partial charge < -0.3 is 10.1 Å². The van der Waals surface area contributed by atoms with Gasteiger partial charge in [-0.1, -0.05) is 18.2 Å². The number of hydrogen-bond donors (Lipinski definition) is 1. The summed E-state index contributed by atoms with van der Waals surface area (Å²) in [6, 6.07) is 16.6. The van der Waals surface area contributed by atoms with Crippen molar-refractivity contribution in [3.8, 4) is 22.7 Å². The van der Waals surface area contributed by atoms with Crippen molar-refractivity contribution in [2.24, 2.45) is 0 Å². The third-order valence-electron chi connectivity index (χ3n) is 4.84. The lowest BCUT2D eigenvalue weighted by atomic mass is 10.0. The van der Waals surface area contributed by atoms with Gasteiger partial charge in [0.1, 0.15) is 11.6 Å². The maximum Gasteiger partial charge on any atom is 0.133 e. The summed E-state index contributed by atoms with van der Waals surface area (Å²) in [6.45, 7) is 3.12. The number of para-hydroxylation sites is 1. The molecule has 1 N–H and O–H groups in total. The summed E-state index contributed by atoms with van der Waals surface area (Å²) >= 11 is 0. The van der Waals surface area contributed by atoms with Gasteiger partial charge in [0.2, 0.25) is 0 Å². The van der Waals surface area contributed by atoms with E-state index in [9.17, 15) is 0 Å². The summed E-state index contributed by atoms with van der Waals surface area (Å²) in [7, 11) is 1.69. The molecule has 4 heteroatoms. The quantitative estimate of drug-likeness (QED) is 0.761. The molecule has 0 saturated carbocycles. The van der Waals surface area contributed by atoms with Crippen molar-refractivity contribution in [2.75, 3.05) is 19.0 Å². The first-order valence-corrected chi connectivity index (χ1v) is 8.84. The van der Waals surface area contributed by atoms with Crippen LogP contribution in [0.25, 0.3) is 16.9 Å². The molecule has 2 heterocycles. The number of anilines is 1. The normalized spacial score (nSPS) is 13.7. The second-order valence-electron chi connectivity index (χ2n) is 6.49. The zero-order valence-electron chi connectivity index (χ0n) is 14.7. The topological polar surface area (TPSA) is 39.1 Å². The first-order valence-electron chi connectivity index (χ1n) is 8.84. The Morgan fingerprint density at radius 1 is 1.04 bits per heavy atom. The van der Waals surface area contributed by atoms with Gasteiger partial charge in [-0.05, 0) is 62.1 Å². The van der Waals surface area contributed by atoms with Crippen molar-refractivity contribution >= 4 is 5.82 Å². The third-order valence-corrected chi connectivity index (χ3v) is 4.84. The van der Waals surface area contributed by atoms with Gasteiger partial charge in [-0.2, -0.15) is 5.10 Å². The Hall–Kier alpha value is -2.75. The van der Waals surface area contributed by atoms with E-state index in [4.69, 9.17) is 9.84 Å². The molecule has 25 heavy (non-hydrogen) atoms. The first kappa shape index (κ1) is 15.8. The lowest BCUT2D eigenvalue weighted by molar-refractivity contribution is 0.415. The molecule has 4 rings (SSSR count). The second-order valence-corrected chi connectivity index (χ2v) is 6.49. The van der Waals surface area contributed by atoms with Gasteiger partial charge in [0.05, 0.1) is 18.5 Å². The van der Waals surface area contributed by atoms with Crippen molar-refractivity contribution in [1.82, 2.24) is 9.78 Å². The van der Waals surface area contributed by atoms with Crippen LogP contribution in [0.3, 0.4) is 0 Å². The largest absolute Gasteiger partial charge is 0.497 e. The summed E-state index contributed by atoms with van der Waals surface area (Å²) in [6.07, 6.45) is 3.42. The highest BCUT2D eigenvalue weighted by molar-refractivity contribution is 5.72. The van der Waals surface area contributed by atoms with Gasteiger partial charge in [0.25, 0.3) is 0 Å². The summed E-state index contributed by atoms with van der Waals surface area (Å²) in [4.78, 5) is 0. The Bertz CT molecular complexity index is 881. The Morgan fingerprint density at radius 2 is 1.84 bits per heavy atom. The predicted molar refractivity (Wildman–Crippen MR) is 102 cm³/mol. The highest BCUT2D eigenvalue weighted by Gasteiger charge is 2.22. The predicted octanol–water partition coefficient (Wildman–Crippen LogP) is 4.60. The van der Waals surface area contributed by atoms with Crippen LogP contribution < -0.4 is 10.1 Å². The minimum atomic E-state index is 0.867. The average molecular weight is 333 g/mol. The average Bonchev–Trinajstić information content (AvgIpc) is 2.83. The molecule has 1 aliphatic rings. The Kier molecular flexibility index (Phi) is 4.18. The maximum atomic E-state index is 5.29. The SMILES string of the molecule is COc1ccc(-c2nn(-c3ccccc3C)c3c2CCCCN3)cc1. The van der Waals surface area contributed by atoms with Crippen LogP contribution in [0.4, 0.5) is 5.82 Å². The molecule has 0 unspecified atom stereocenters. The van der Waals surface area contributed by atoms with Crippen molar-refractivity contribution in [3.05, 3.63) is 59.7 Å². The Labute approximate surface area is 148 Å². The van der Waals surface area contributed by atoms with Gasteiger partial charge >= 0.3 is 0 Å². The van der Waals surface area contributed by atoms with Crippen LogP contribution >= 0.6 is 0 Å². The molecule has 1 aromatic heterocycles. The molecule has 0 saturated heterocycles. The first-order chi connectivity index (χ1) is 12.3. The van der Waals surface area contributed by atoms with Crippen LogP contribution in [0.5, 0.6) is 5.75 Å². The number of nitrogens with zero attached hydrogens (tertiary/aromatic N) is 2. The fraction of sp³-hybridized carbons (Fsp3) is 0.286. The fourth-order valence-electron chi connectivity index (χ4n) is 3.46. The highest BCUT2D eigenvalue weighted by Crippen LogP contribution is 2.35. The lowest BCUT2D eigenvalue weighted by Crippen LogP contribution is -2.08. The van der Waals surface area contributed by atoms with Crippen molar-refractivity contribution in [1.29, 1.82) is 0 Å². The molecule has 0 atom stereocenters. The minimum absolute atomic E-state index is 0.867. The smallest absolute Gasteiger partial charge is 0.133 e. The fourth-order valence-corrected chi connectivity index (χ4v) is 3.46. The number of benzene rings is 2. The summed E-state index contributed by atoms with van der Waals surface area (Å²) < 4.78 is 7.37. The summed E-state index contributed by atoms with van der Waals surface area (Å²) in [5, 5.41) is 8.61. The molecule has 4 nitrogen and oxygen atoms in total. The number of aryl methyl sites for hydroxylation is 1. The second kappa shape index (κ2) is 6.63. The van der Waals surface area contributed by atoms with E-state index in [2.05, 4.69) is 53.3 Å². The number of nitrogens with one attached hydrogen (secondary N) is 1. The molecule has 0 amide bonds. The van der Waals surface area contributed by atoms with Crippen LogP contribution in [0.2, 0.25) is 0 Å². The van der Waals surface area contributed by atoms with Gasteiger partial charge in [-0.25, -0.2) is 4.68 Å². The van der Waals surface area contributed by atoms with Crippen LogP contribution in [0.1, 0.15) is 24.0 Å². The molecule has 0 radical (unpaired) electrons. The van der Waals surface area contributed by atoms with Crippen LogP contribution in [0.15, 0.2) is 48.5 Å². The van der Waals surface area contributed by atoms with Crippen LogP contribution in [0, 0.1) is 6.92 Å². The number of fused-ring (bicyclic) bond motifs is 1. The van der Waals surface area contributed by atoms with Crippen molar-refractivity contribution < 1.29 is 4.74 Å². The summed E-state index contributed by atoms with van der Waals surface area (Å²) in [5.41, 5.74) is 5.86. The molecule has 1 aliphatic heterocycles. The van der Waals surface area contributed by atoms with Gasteiger partial charge in [-0.3, -0.25) is 0 Å². The van der Waals surface area contributed by atoms with E-state index in [1.165, 1.54) is 24.0 Å². The monoisotopic (exact) mass is 333 g/mol. The molecule has 0 bridgehead atoms. The highest BCUT2D eigenvalue weighted by atomic mass is 16.5. The number of aromatic nitrogens is 2. The number of rotatable bonds is 3. The molecular weight excluding hydrogens is 310 g/mol. The van der Waals surface area contributed by atoms with E-state index in [-0.39, 0.29) is 0 Å². The van der Waals surface area contributed by atoms with Crippen molar-refractivity contribution in [3.63, 3.8) is 0 Å². The van der Waals surface area contributed by atoms with E-state index >= 15 is 0 Å². The molecular formula is C21H23N3O. The van der Waals surface area contributed by atoms with E-state index in [0.717, 1.165) is 41.5 Å². The van der Waals surface area contributed by atoms with Crippen molar-refractivity contribution in [2.45, 2.75) is 26.2 Å². The van der Waals surface area contributed by atoms with Gasteiger partial charge in [0, 0.05) is 17.7 Å². The zero-order chi connectivity index (χ0) is 17.2.